The summed E-state index contributed by atoms with van der Waals surface area (Å²) in [6.07, 6.45) is 0.177. The van der Waals surface area contributed by atoms with Crippen molar-refractivity contribution in [1.82, 2.24) is 5.32 Å². The van der Waals surface area contributed by atoms with Gasteiger partial charge >= 0.3 is 0 Å². The normalized spacial score (nSPS) is 13.1. The van der Waals surface area contributed by atoms with Crippen LogP contribution < -0.4 is 5.32 Å². The Hall–Kier alpha value is -2.70. The molecule has 4 N–H and O–H groups in total. The molecule has 2 atom stereocenters. The van der Waals surface area contributed by atoms with E-state index in [1.54, 1.807) is 12.1 Å². The van der Waals surface area contributed by atoms with Crippen LogP contribution in [0.3, 0.4) is 0 Å². The van der Waals surface area contributed by atoms with Gasteiger partial charge in [0.15, 0.2) is 0 Å². The van der Waals surface area contributed by atoms with Gasteiger partial charge in [-0.2, -0.15) is 0 Å². The van der Waals surface area contributed by atoms with Crippen LogP contribution in [-0.4, -0.2) is 28.4 Å². The zero-order chi connectivity index (χ0) is 22.1. The molecule has 0 saturated heterocycles. The Labute approximate surface area is 184 Å². The minimum Gasteiger partial charge on any atom is -0.508 e. The summed E-state index contributed by atoms with van der Waals surface area (Å²) in [6.45, 7) is 3.49. The van der Waals surface area contributed by atoms with Gasteiger partial charge in [0.2, 0.25) is 0 Å². The first kappa shape index (κ1) is 23.0. The van der Waals surface area contributed by atoms with Crippen molar-refractivity contribution >= 4 is 0 Å². The molecule has 0 amide bonds. The highest BCUT2D eigenvalue weighted by molar-refractivity contribution is 5.36. The Bertz CT molecular complexity index is 945. The van der Waals surface area contributed by atoms with Gasteiger partial charge in [0.1, 0.15) is 5.75 Å². The average molecular weight is 422 g/mol. The molecule has 31 heavy (non-hydrogen) atoms. The molecule has 0 bridgehead atoms. The monoisotopic (exact) mass is 421 g/mol. The molecule has 0 saturated carbocycles. The Morgan fingerprint density at radius 1 is 0.903 bits per heavy atom. The molecule has 0 fully saturated rings. The van der Waals surface area contributed by atoms with Crippen molar-refractivity contribution in [3.63, 3.8) is 0 Å². The number of rotatable bonds is 11. The largest absolute Gasteiger partial charge is 0.508 e. The summed E-state index contributed by atoms with van der Waals surface area (Å²) in [7, 11) is 0. The Balaban J connectivity index is 1.44. The molecule has 0 heterocycles. The minimum atomic E-state index is -0.704. The second-order valence-electron chi connectivity index (χ2n) is 7.70. The summed E-state index contributed by atoms with van der Waals surface area (Å²) < 4.78 is 6.02. The first-order valence-corrected chi connectivity index (χ1v) is 10.6. The van der Waals surface area contributed by atoms with Crippen molar-refractivity contribution in [3.05, 3.63) is 101 Å². The zero-order valence-corrected chi connectivity index (χ0v) is 17.9. The predicted octanol–water partition coefficient (Wildman–Crippen LogP) is 4.03. The molecule has 0 unspecified atom stereocenters. The lowest BCUT2D eigenvalue weighted by atomic mass is 10.0. The Morgan fingerprint density at radius 3 is 2.45 bits per heavy atom. The van der Waals surface area contributed by atoms with Gasteiger partial charge in [-0.1, -0.05) is 60.7 Å². The van der Waals surface area contributed by atoms with E-state index >= 15 is 0 Å². The fraction of sp³-hybridized carbons (Fsp3) is 0.308. The molecular weight excluding hydrogens is 390 g/mol. The van der Waals surface area contributed by atoms with E-state index < -0.39 is 6.10 Å². The molecule has 164 valence electrons. The van der Waals surface area contributed by atoms with E-state index in [-0.39, 0.29) is 18.5 Å². The minimum absolute atomic E-state index is 0.0356. The van der Waals surface area contributed by atoms with Crippen LogP contribution in [0.15, 0.2) is 72.8 Å². The maximum atomic E-state index is 10.3. The van der Waals surface area contributed by atoms with Gasteiger partial charge in [-0.05, 0) is 54.3 Å². The molecule has 3 rings (SSSR count). The van der Waals surface area contributed by atoms with E-state index in [2.05, 4.69) is 42.6 Å². The van der Waals surface area contributed by atoms with Crippen LogP contribution in [0.4, 0.5) is 0 Å². The summed E-state index contributed by atoms with van der Waals surface area (Å²) >= 11 is 0. The third kappa shape index (κ3) is 6.91. The number of ether oxygens (including phenoxy) is 1. The number of hydrogen-bond acceptors (Lipinski definition) is 5. The first-order valence-electron chi connectivity index (χ1n) is 10.6. The number of nitrogens with one attached hydrogen (secondary N) is 1. The van der Waals surface area contributed by atoms with Gasteiger partial charge in [0.05, 0.1) is 25.4 Å². The van der Waals surface area contributed by atoms with Gasteiger partial charge in [0, 0.05) is 12.1 Å². The molecule has 0 radical (unpaired) electrons. The van der Waals surface area contributed by atoms with Crippen LogP contribution in [0.2, 0.25) is 0 Å². The Kier molecular flexibility index (Phi) is 8.62. The maximum absolute atomic E-state index is 10.3. The van der Waals surface area contributed by atoms with Gasteiger partial charge in [-0.3, -0.25) is 0 Å². The Morgan fingerprint density at radius 2 is 1.68 bits per heavy atom. The molecule has 3 aromatic rings. The van der Waals surface area contributed by atoms with E-state index in [1.165, 1.54) is 17.2 Å². The van der Waals surface area contributed by atoms with Gasteiger partial charge in [-0.25, -0.2) is 0 Å². The summed E-state index contributed by atoms with van der Waals surface area (Å²) in [4.78, 5) is 0. The van der Waals surface area contributed by atoms with Crippen molar-refractivity contribution in [2.75, 3.05) is 13.1 Å². The molecule has 0 aliphatic rings. The van der Waals surface area contributed by atoms with Crippen molar-refractivity contribution in [3.8, 4) is 5.75 Å². The highest BCUT2D eigenvalue weighted by atomic mass is 16.5. The fourth-order valence-electron chi connectivity index (χ4n) is 3.45. The lowest BCUT2D eigenvalue weighted by Gasteiger charge is -2.15. The number of aliphatic hydroxyl groups is 2. The van der Waals surface area contributed by atoms with E-state index in [0.29, 0.717) is 24.3 Å². The molecule has 0 aromatic heterocycles. The van der Waals surface area contributed by atoms with E-state index in [1.807, 2.05) is 24.3 Å². The van der Waals surface area contributed by atoms with Crippen LogP contribution in [0, 0.1) is 0 Å². The number of benzene rings is 3. The van der Waals surface area contributed by atoms with Crippen molar-refractivity contribution in [2.24, 2.45) is 0 Å². The number of aromatic hydroxyl groups is 1. The molecular formula is C26H31NO4. The van der Waals surface area contributed by atoms with E-state index in [0.717, 1.165) is 18.5 Å². The quantitative estimate of drug-likeness (QED) is 0.352. The molecule has 3 aromatic carbocycles. The molecule has 5 nitrogen and oxygen atoms in total. The SMILES string of the molecule is C[C@H](OCc1cccc(CCNC[C@H](O)c2ccc(O)c(CO)c2)c1)c1ccccc1. The van der Waals surface area contributed by atoms with Gasteiger partial charge < -0.3 is 25.4 Å². The first-order chi connectivity index (χ1) is 15.1. The molecule has 5 heteroatoms. The fourth-order valence-corrected chi connectivity index (χ4v) is 3.45. The van der Waals surface area contributed by atoms with Crippen LogP contribution in [0.25, 0.3) is 0 Å². The smallest absolute Gasteiger partial charge is 0.121 e. The van der Waals surface area contributed by atoms with Crippen LogP contribution in [0.1, 0.15) is 46.9 Å². The predicted molar refractivity (Wildman–Crippen MR) is 122 cm³/mol. The zero-order valence-electron chi connectivity index (χ0n) is 17.9. The lowest BCUT2D eigenvalue weighted by Crippen LogP contribution is -2.23. The molecule has 0 spiro atoms. The van der Waals surface area contributed by atoms with Crippen molar-refractivity contribution in [2.45, 2.75) is 38.8 Å². The van der Waals surface area contributed by atoms with E-state index in [9.17, 15) is 15.3 Å². The van der Waals surface area contributed by atoms with Crippen LogP contribution in [0.5, 0.6) is 5.75 Å². The molecule has 0 aliphatic heterocycles. The maximum Gasteiger partial charge on any atom is 0.121 e. The van der Waals surface area contributed by atoms with Gasteiger partial charge in [0.25, 0.3) is 0 Å². The number of aliphatic hydroxyl groups excluding tert-OH is 2. The summed E-state index contributed by atoms with van der Waals surface area (Å²) in [6, 6.07) is 23.3. The second-order valence-corrected chi connectivity index (χ2v) is 7.70. The van der Waals surface area contributed by atoms with Gasteiger partial charge in [-0.15, -0.1) is 0 Å². The van der Waals surface area contributed by atoms with Crippen molar-refractivity contribution < 1.29 is 20.1 Å². The standard InChI is InChI=1S/C26H31NO4/c1-19(22-8-3-2-4-9-22)31-18-21-7-5-6-20(14-21)12-13-27-16-26(30)23-10-11-25(29)24(15-23)17-28/h2-11,14-15,19,26-30H,12-13,16-18H2,1H3/t19-,26-/m0/s1. The summed E-state index contributed by atoms with van der Waals surface area (Å²) in [5, 5.41) is 32.5. The van der Waals surface area contributed by atoms with Crippen LogP contribution in [-0.2, 0) is 24.4 Å². The van der Waals surface area contributed by atoms with Crippen molar-refractivity contribution in [1.29, 1.82) is 0 Å². The summed E-state index contributed by atoms with van der Waals surface area (Å²) in [5.41, 5.74) is 4.60. The van der Waals surface area contributed by atoms with Crippen LogP contribution >= 0.6 is 0 Å². The van der Waals surface area contributed by atoms with E-state index in [4.69, 9.17) is 4.74 Å². The second kappa shape index (κ2) is 11.6. The topological polar surface area (TPSA) is 82.0 Å². The highest BCUT2D eigenvalue weighted by Crippen LogP contribution is 2.22. The third-order valence-corrected chi connectivity index (χ3v) is 5.35. The highest BCUT2D eigenvalue weighted by Gasteiger charge is 2.10. The molecule has 0 aliphatic carbocycles. The average Bonchev–Trinajstić information content (AvgIpc) is 2.81. The number of phenols is 1. The lowest BCUT2D eigenvalue weighted by molar-refractivity contribution is 0.0525. The summed E-state index contributed by atoms with van der Waals surface area (Å²) in [5.74, 6) is 0.0356. The number of hydrogen-bond donors (Lipinski definition) is 4. The third-order valence-electron chi connectivity index (χ3n) is 5.35.